The number of pyridine rings is 1. The molecule has 0 saturated carbocycles. The molecule has 0 aromatic carbocycles. The molecule has 1 heterocycles. The van der Waals surface area contributed by atoms with Gasteiger partial charge in [0.05, 0.1) is 16.7 Å². The Labute approximate surface area is 114 Å². The highest BCUT2D eigenvalue weighted by molar-refractivity contribution is 6.30. The molecule has 1 aromatic heterocycles. The normalized spacial score (nSPS) is 16.3. The zero-order valence-corrected chi connectivity index (χ0v) is 12.2. The van der Waals surface area contributed by atoms with Crippen molar-refractivity contribution >= 4 is 17.4 Å². The summed E-state index contributed by atoms with van der Waals surface area (Å²) in [5, 5.41) is 3.99. The van der Waals surface area contributed by atoms with Gasteiger partial charge in [-0.3, -0.25) is 0 Å². The number of aromatic nitrogens is 1. The van der Waals surface area contributed by atoms with Crippen LogP contribution in [0.15, 0.2) is 12.3 Å². The zero-order valence-electron chi connectivity index (χ0n) is 11.5. The molecular weight excluding hydrogens is 250 g/mol. The summed E-state index contributed by atoms with van der Waals surface area (Å²) >= 11 is 6.01. The SMILES string of the molecule is CCNC(c1cc(Cl)cnc1N)C(C)(CC)OC. The topological polar surface area (TPSA) is 60.2 Å². The molecule has 0 aliphatic rings. The Morgan fingerprint density at radius 2 is 2.22 bits per heavy atom. The van der Waals surface area contributed by atoms with E-state index >= 15 is 0 Å². The van der Waals surface area contributed by atoms with E-state index in [4.69, 9.17) is 22.1 Å². The summed E-state index contributed by atoms with van der Waals surface area (Å²) in [4.78, 5) is 4.11. The monoisotopic (exact) mass is 271 g/mol. The molecule has 1 aromatic rings. The van der Waals surface area contributed by atoms with E-state index in [1.165, 1.54) is 0 Å². The minimum absolute atomic E-state index is 0.0382. The van der Waals surface area contributed by atoms with Crippen molar-refractivity contribution in [2.24, 2.45) is 0 Å². The lowest BCUT2D eigenvalue weighted by Gasteiger charge is -2.37. The first kappa shape index (κ1) is 15.2. The van der Waals surface area contributed by atoms with E-state index in [0.717, 1.165) is 18.5 Å². The number of hydrogen-bond acceptors (Lipinski definition) is 4. The van der Waals surface area contributed by atoms with Crippen molar-refractivity contribution in [2.75, 3.05) is 19.4 Å². The lowest BCUT2D eigenvalue weighted by Crippen LogP contribution is -2.43. The fourth-order valence-corrected chi connectivity index (χ4v) is 2.19. The number of nitrogens with two attached hydrogens (primary N) is 1. The molecule has 4 nitrogen and oxygen atoms in total. The molecule has 18 heavy (non-hydrogen) atoms. The van der Waals surface area contributed by atoms with Crippen molar-refractivity contribution in [1.29, 1.82) is 0 Å². The summed E-state index contributed by atoms with van der Waals surface area (Å²) in [7, 11) is 1.71. The molecule has 0 saturated heterocycles. The van der Waals surface area contributed by atoms with Gasteiger partial charge in [-0.15, -0.1) is 0 Å². The molecule has 0 fully saturated rings. The predicted octanol–water partition coefficient (Wildman–Crippen LogP) is 2.78. The maximum Gasteiger partial charge on any atom is 0.128 e. The smallest absolute Gasteiger partial charge is 0.128 e. The van der Waals surface area contributed by atoms with Crippen LogP contribution in [0.4, 0.5) is 5.82 Å². The van der Waals surface area contributed by atoms with Crippen LogP contribution in [0.5, 0.6) is 0 Å². The van der Waals surface area contributed by atoms with Crippen molar-refractivity contribution in [3.63, 3.8) is 0 Å². The molecule has 5 heteroatoms. The quantitative estimate of drug-likeness (QED) is 0.835. The Kier molecular flexibility index (Phi) is 5.38. The average molecular weight is 272 g/mol. The van der Waals surface area contributed by atoms with E-state index in [2.05, 4.69) is 24.1 Å². The van der Waals surface area contributed by atoms with Crippen molar-refractivity contribution < 1.29 is 4.74 Å². The van der Waals surface area contributed by atoms with Crippen LogP contribution in [0.25, 0.3) is 0 Å². The van der Waals surface area contributed by atoms with Gasteiger partial charge < -0.3 is 15.8 Å². The summed E-state index contributed by atoms with van der Waals surface area (Å²) in [6.07, 6.45) is 2.41. The van der Waals surface area contributed by atoms with Crippen molar-refractivity contribution in [2.45, 2.75) is 38.8 Å². The van der Waals surface area contributed by atoms with Gasteiger partial charge >= 0.3 is 0 Å². The lowest BCUT2D eigenvalue weighted by molar-refractivity contribution is -0.0294. The fourth-order valence-electron chi connectivity index (χ4n) is 2.02. The van der Waals surface area contributed by atoms with Crippen LogP contribution in [-0.2, 0) is 4.74 Å². The van der Waals surface area contributed by atoms with Gasteiger partial charge in [-0.1, -0.05) is 25.4 Å². The molecule has 0 bridgehead atoms. The third kappa shape index (κ3) is 3.13. The second-order valence-corrected chi connectivity index (χ2v) is 4.93. The molecule has 2 unspecified atom stereocenters. The van der Waals surface area contributed by atoms with E-state index in [1.807, 2.05) is 13.0 Å². The van der Waals surface area contributed by atoms with Crippen LogP contribution >= 0.6 is 11.6 Å². The second kappa shape index (κ2) is 6.36. The number of halogens is 1. The van der Waals surface area contributed by atoms with Crippen LogP contribution in [0.3, 0.4) is 0 Å². The number of nitrogen functional groups attached to an aromatic ring is 1. The van der Waals surface area contributed by atoms with Gasteiger partial charge in [0.15, 0.2) is 0 Å². The summed E-state index contributed by atoms with van der Waals surface area (Å²) in [5.74, 6) is 0.488. The summed E-state index contributed by atoms with van der Waals surface area (Å²) < 4.78 is 5.66. The average Bonchev–Trinajstić information content (AvgIpc) is 2.38. The number of nitrogens with one attached hydrogen (secondary N) is 1. The van der Waals surface area contributed by atoms with Crippen LogP contribution < -0.4 is 11.1 Å². The predicted molar refractivity (Wildman–Crippen MR) is 75.8 cm³/mol. The van der Waals surface area contributed by atoms with Crippen molar-refractivity contribution in [3.05, 3.63) is 22.8 Å². The van der Waals surface area contributed by atoms with E-state index < -0.39 is 0 Å². The Balaban J connectivity index is 3.22. The van der Waals surface area contributed by atoms with Crippen LogP contribution in [0.1, 0.15) is 38.8 Å². The van der Waals surface area contributed by atoms with E-state index in [1.54, 1.807) is 13.3 Å². The Bertz CT molecular complexity index is 394. The molecule has 0 aliphatic heterocycles. The maximum atomic E-state index is 6.01. The Hall–Kier alpha value is -0.840. The number of nitrogens with zero attached hydrogens (tertiary/aromatic N) is 1. The lowest BCUT2D eigenvalue weighted by atomic mass is 9.87. The number of ether oxygens (including phenoxy) is 1. The van der Waals surface area contributed by atoms with E-state index in [-0.39, 0.29) is 11.6 Å². The third-order valence-corrected chi connectivity index (χ3v) is 3.62. The van der Waals surface area contributed by atoms with Gasteiger partial charge in [-0.05, 0) is 26.0 Å². The highest BCUT2D eigenvalue weighted by atomic mass is 35.5. The van der Waals surface area contributed by atoms with Crippen molar-refractivity contribution in [1.82, 2.24) is 10.3 Å². The molecule has 0 aliphatic carbocycles. The van der Waals surface area contributed by atoms with Gasteiger partial charge in [-0.25, -0.2) is 4.98 Å². The zero-order chi connectivity index (χ0) is 13.8. The number of methoxy groups -OCH3 is 1. The first-order valence-corrected chi connectivity index (χ1v) is 6.55. The molecule has 3 N–H and O–H groups in total. The summed E-state index contributed by atoms with van der Waals surface area (Å²) in [6.45, 7) is 7.01. The van der Waals surface area contributed by atoms with Crippen LogP contribution in [0.2, 0.25) is 5.02 Å². The van der Waals surface area contributed by atoms with E-state index in [9.17, 15) is 0 Å². The van der Waals surface area contributed by atoms with E-state index in [0.29, 0.717) is 10.8 Å². The molecule has 0 spiro atoms. The highest BCUT2D eigenvalue weighted by Gasteiger charge is 2.34. The molecule has 2 atom stereocenters. The van der Waals surface area contributed by atoms with Gasteiger partial charge in [0.2, 0.25) is 0 Å². The first-order valence-electron chi connectivity index (χ1n) is 6.18. The minimum atomic E-state index is -0.351. The molecule has 1 rings (SSSR count). The summed E-state index contributed by atoms with van der Waals surface area (Å²) in [6, 6.07) is 1.81. The van der Waals surface area contributed by atoms with Gasteiger partial charge in [0, 0.05) is 18.9 Å². The minimum Gasteiger partial charge on any atom is -0.383 e. The van der Waals surface area contributed by atoms with Crippen molar-refractivity contribution in [3.8, 4) is 0 Å². The number of rotatable bonds is 6. The largest absolute Gasteiger partial charge is 0.383 e. The second-order valence-electron chi connectivity index (χ2n) is 4.49. The van der Waals surface area contributed by atoms with Crippen LogP contribution in [0, 0.1) is 0 Å². The van der Waals surface area contributed by atoms with Crippen LogP contribution in [-0.4, -0.2) is 24.2 Å². The maximum absolute atomic E-state index is 6.01. The number of hydrogen-bond donors (Lipinski definition) is 2. The first-order chi connectivity index (χ1) is 8.48. The molecule has 0 amide bonds. The fraction of sp³-hybridized carbons (Fsp3) is 0.615. The molecular formula is C13H22ClN3O. The van der Waals surface area contributed by atoms with Gasteiger partial charge in [-0.2, -0.15) is 0 Å². The Morgan fingerprint density at radius 1 is 1.56 bits per heavy atom. The molecule has 0 radical (unpaired) electrons. The highest BCUT2D eigenvalue weighted by Crippen LogP contribution is 2.34. The number of anilines is 1. The Morgan fingerprint density at radius 3 is 2.72 bits per heavy atom. The molecule has 102 valence electrons. The standard InChI is InChI=1S/C13H22ClN3O/c1-5-13(3,18-4)11(16-6-2)10-7-9(14)8-17-12(10)15/h7-8,11,16H,5-6H2,1-4H3,(H2,15,17). The third-order valence-electron chi connectivity index (χ3n) is 3.41. The van der Waals surface area contributed by atoms with Gasteiger partial charge in [0.25, 0.3) is 0 Å². The van der Waals surface area contributed by atoms with Gasteiger partial charge in [0.1, 0.15) is 5.82 Å². The summed E-state index contributed by atoms with van der Waals surface area (Å²) in [5.41, 5.74) is 6.50. The number of likely N-dealkylation sites (N-methyl/N-ethyl adjacent to an activating group) is 1.